The molecule has 0 aliphatic carbocycles. The van der Waals surface area contributed by atoms with Crippen molar-refractivity contribution < 1.29 is 4.79 Å². The van der Waals surface area contributed by atoms with E-state index in [4.69, 9.17) is 0 Å². The molecule has 1 saturated heterocycles. The lowest BCUT2D eigenvalue weighted by atomic mass is 10.0. The second kappa shape index (κ2) is 4.31. The van der Waals surface area contributed by atoms with E-state index in [0.29, 0.717) is 6.54 Å². The van der Waals surface area contributed by atoms with Gasteiger partial charge in [-0.15, -0.1) is 11.8 Å². The Labute approximate surface area is 94.0 Å². The molecule has 1 aromatic rings. The maximum absolute atomic E-state index is 11.9. The molecule has 2 rings (SSSR count). The van der Waals surface area contributed by atoms with Gasteiger partial charge in [0.1, 0.15) is 0 Å². The Morgan fingerprint density at radius 2 is 2.60 bits per heavy atom. The van der Waals surface area contributed by atoms with Crippen molar-refractivity contribution in [3.63, 3.8) is 0 Å². The van der Waals surface area contributed by atoms with Crippen molar-refractivity contribution >= 4 is 17.7 Å². The monoisotopic (exact) mass is 224 g/mol. The SMILES string of the molecule is CC1(C(=O)NCc2cc[nH]c2)CCCS1. The molecule has 0 bridgehead atoms. The third kappa shape index (κ3) is 2.37. The van der Waals surface area contributed by atoms with E-state index in [1.165, 1.54) is 0 Å². The third-order valence-electron chi connectivity index (χ3n) is 2.81. The molecule has 0 radical (unpaired) electrons. The van der Waals surface area contributed by atoms with E-state index in [0.717, 1.165) is 24.2 Å². The van der Waals surface area contributed by atoms with Crippen molar-refractivity contribution in [1.82, 2.24) is 10.3 Å². The summed E-state index contributed by atoms with van der Waals surface area (Å²) in [5.41, 5.74) is 1.12. The predicted molar refractivity (Wildman–Crippen MR) is 62.7 cm³/mol. The van der Waals surface area contributed by atoms with E-state index in [1.807, 2.05) is 25.4 Å². The molecule has 1 unspecified atom stereocenters. The van der Waals surface area contributed by atoms with Gasteiger partial charge in [-0.3, -0.25) is 4.79 Å². The maximum Gasteiger partial charge on any atom is 0.236 e. The molecule has 1 aromatic heterocycles. The third-order valence-corrected chi connectivity index (χ3v) is 4.33. The van der Waals surface area contributed by atoms with Crippen LogP contribution in [0.4, 0.5) is 0 Å². The summed E-state index contributed by atoms with van der Waals surface area (Å²) in [6.45, 7) is 2.66. The van der Waals surface area contributed by atoms with Gasteiger partial charge in [0.05, 0.1) is 4.75 Å². The number of amides is 1. The molecule has 2 heterocycles. The highest BCUT2D eigenvalue weighted by molar-refractivity contribution is 8.01. The maximum atomic E-state index is 11.9. The Balaban J connectivity index is 1.87. The molecule has 2 N–H and O–H groups in total. The fourth-order valence-corrected chi connectivity index (χ4v) is 3.03. The highest BCUT2D eigenvalue weighted by Gasteiger charge is 2.36. The Morgan fingerprint density at radius 1 is 1.73 bits per heavy atom. The van der Waals surface area contributed by atoms with Gasteiger partial charge in [-0.05, 0) is 37.1 Å². The second-order valence-electron chi connectivity index (χ2n) is 4.08. The Kier molecular flexibility index (Phi) is 3.05. The van der Waals surface area contributed by atoms with Gasteiger partial charge in [0, 0.05) is 18.9 Å². The summed E-state index contributed by atoms with van der Waals surface area (Å²) in [5, 5.41) is 2.99. The molecule has 1 atom stereocenters. The van der Waals surface area contributed by atoms with Crippen molar-refractivity contribution in [2.75, 3.05) is 5.75 Å². The molecule has 0 aromatic carbocycles. The number of rotatable bonds is 3. The Morgan fingerprint density at radius 3 is 3.20 bits per heavy atom. The van der Waals surface area contributed by atoms with E-state index < -0.39 is 0 Å². The van der Waals surface area contributed by atoms with Gasteiger partial charge in [-0.1, -0.05) is 0 Å². The molecule has 1 aliphatic heterocycles. The Hall–Kier alpha value is -0.900. The van der Waals surface area contributed by atoms with Gasteiger partial charge < -0.3 is 10.3 Å². The predicted octanol–water partition coefficient (Wildman–Crippen LogP) is 1.92. The first-order chi connectivity index (χ1) is 7.21. The van der Waals surface area contributed by atoms with Crippen molar-refractivity contribution in [3.05, 3.63) is 24.0 Å². The molecular formula is C11H16N2OS. The van der Waals surface area contributed by atoms with Crippen LogP contribution in [0.15, 0.2) is 18.5 Å². The van der Waals surface area contributed by atoms with Gasteiger partial charge in [0.2, 0.25) is 5.91 Å². The topological polar surface area (TPSA) is 44.9 Å². The largest absolute Gasteiger partial charge is 0.367 e. The van der Waals surface area contributed by atoms with Gasteiger partial charge in [-0.25, -0.2) is 0 Å². The van der Waals surface area contributed by atoms with Crippen LogP contribution in [0.2, 0.25) is 0 Å². The average molecular weight is 224 g/mol. The van der Waals surface area contributed by atoms with E-state index >= 15 is 0 Å². The van der Waals surface area contributed by atoms with Gasteiger partial charge in [-0.2, -0.15) is 0 Å². The molecule has 1 fully saturated rings. The lowest BCUT2D eigenvalue weighted by Gasteiger charge is -2.21. The van der Waals surface area contributed by atoms with Crippen LogP contribution in [0.25, 0.3) is 0 Å². The quantitative estimate of drug-likeness (QED) is 0.824. The lowest BCUT2D eigenvalue weighted by molar-refractivity contribution is -0.123. The van der Waals surface area contributed by atoms with Crippen molar-refractivity contribution in [2.24, 2.45) is 0 Å². The van der Waals surface area contributed by atoms with Crippen LogP contribution < -0.4 is 5.32 Å². The summed E-state index contributed by atoms with van der Waals surface area (Å²) in [7, 11) is 0. The summed E-state index contributed by atoms with van der Waals surface area (Å²) in [4.78, 5) is 14.9. The fraction of sp³-hybridized carbons (Fsp3) is 0.545. The fourth-order valence-electron chi connectivity index (χ4n) is 1.80. The Bertz CT molecular complexity index is 328. The molecular weight excluding hydrogens is 208 g/mol. The summed E-state index contributed by atoms with van der Waals surface area (Å²) in [6, 6.07) is 1.98. The number of nitrogens with one attached hydrogen (secondary N) is 2. The van der Waals surface area contributed by atoms with Crippen LogP contribution in [0.3, 0.4) is 0 Å². The normalized spacial score (nSPS) is 25.4. The summed E-state index contributed by atoms with van der Waals surface area (Å²) in [6.07, 6.45) is 5.92. The van der Waals surface area contributed by atoms with Gasteiger partial charge >= 0.3 is 0 Å². The van der Waals surface area contributed by atoms with Crippen LogP contribution >= 0.6 is 11.8 Å². The molecule has 1 amide bonds. The zero-order valence-corrected chi connectivity index (χ0v) is 9.69. The van der Waals surface area contributed by atoms with Crippen molar-refractivity contribution in [3.8, 4) is 0 Å². The van der Waals surface area contributed by atoms with Crippen LogP contribution in [-0.4, -0.2) is 21.4 Å². The average Bonchev–Trinajstić information content (AvgIpc) is 2.85. The summed E-state index contributed by atoms with van der Waals surface area (Å²) in [5.74, 6) is 1.28. The van der Waals surface area contributed by atoms with E-state index in [9.17, 15) is 4.79 Å². The first-order valence-corrected chi connectivity index (χ1v) is 6.23. The van der Waals surface area contributed by atoms with Crippen molar-refractivity contribution in [2.45, 2.75) is 31.1 Å². The zero-order valence-electron chi connectivity index (χ0n) is 8.88. The van der Waals surface area contributed by atoms with Crippen LogP contribution in [-0.2, 0) is 11.3 Å². The number of aromatic amines is 1. The van der Waals surface area contributed by atoms with Gasteiger partial charge in [0.25, 0.3) is 0 Å². The molecule has 1 aliphatic rings. The van der Waals surface area contributed by atoms with Crippen LogP contribution in [0.5, 0.6) is 0 Å². The zero-order chi connectivity index (χ0) is 10.7. The first-order valence-electron chi connectivity index (χ1n) is 5.25. The molecule has 3 nitrogen and oxygen atoms in total. The number of hydrogen-bond donors (Lipinski definition) is 2. The van der Waals surface area contributed by atoms with Crippen LogP contribution in [0.1, 0.15) is 25.3 Å². The first kappa shape index (κ1) is 10.6. The van der Waals surface area contributed by atoms with E-state index in [2.05, 4.69) is 10.3 Å². The molecule has 82 valence electrons. The van der Waals surface area contributed by atoms with Gasteiger partial charge in [0.15, 0.2) is 0 Å². The number of H-pyrrole nitrogens is 1. The number of carbonyl (C=O) groups excluding carboxylic acids is 1. The standard InChI is InChI=1S/C11H16N2OS/c1-11(4-2-6-15-11)10(14)13-8-9-3-5-12-7-9/h3,5,7,12H,2,4,6,8H2,1H3,(H,13,14). The number of thioether (sulfide) groups is 1. The molecule has 0 spiro atoms. The number of carbonyl (C=O) groups is 1. The minimum Gasteiger partial charge on any atom is -0.367 e. The summed E-state index contributed by atoms with van der Waals surface area (Å²) >= 11 is 1.77. The highest BCUT2D eigenvalue weighted by atomic mass is 32.2. The smallest absolute Gasteiger partial charge is 0.236 e. The van der Waals surface area contributed by atoms with Crippen LogP contribution in [0, 0.1) is 0 Å². The minimum absolute atomic E-state index is 0.172. The number of aromatic nitrogens is 1. The van der Waals surface area contributed by atoms with E-state index in [1.54, 1.807) is 11.8 Å². The van der Waals surface area contributed by atoms with Crippen molar-refractivity contribution in [1.29, 1.82) is 0 Å². The highest BCUT2D eigenvalue weighted by Crippen LogP contribution is 2.37. The molecule has 4 heteroatoms. The molecule has 15 heavy (non-hydrogen) atoms. The summed E-state index contributed by atoms with van der Waals surface area (Å²) < 4.78 is -0.198. The lowest BCUT2D eigenvalue weighted by Crippen LogP contribution is -2.39. The van der Waals surface area contributed by atoms with E-state index in [-0.39, 0.29) is 10.7 Å². The number of hydrogen-bond acceptors (Lipinski definition) is 2. The second-order valence-corrected chi connectivity index (χ2v) is 5.68. The minimum atomic E-state index is -0.198. The molecule has 0 saturated carbocycles.